The van der Waals surface area contributed by atoms with Crippen molar-refractivity contribution in [3.63, 3.8) is 0 Å². The van der Waals surface area contributed by atoms with E-state index in [4.69, 9.17) is 14.2 Å². The van der Waals surface area contributed by atoms with Crippen molar-refractivity contribution in [2.75, 3.05) is 19.8 Å². The maximum absolute atomic E-state index is 6.18. The molecule has 0 aliphatic rings. The summed E-state index contributed by atoms with van der Waals surface area (Å²) in [6.45, 7) is 4.11. The zero-order chi connectivity index (χ0) is 19.9. The van der Waals surface area contributed by atoms with E-state index in [1.165, 1.54) is 32.3 Å². The van der Waals surface area contributed by atoms with E-state index < -0.39 is 0 Å². The quantitative estimate of drug-likeness (QED) is 0.157. The summed E-state index contributed by atoms with van der Waals surface area (Å²) in [4.78, 5) is 0. The van der Waals surface area contributed by atoms with Gasteiger partial charge in [-0.3, -0.25) is 0 Å². The predicted octanol–water partition coefficient (Wildman–Crippen LogP) is 7.05. The van der Waals surface area contributed by atoms with Gasteiger partial charge in [0, 0.05) is 10.8 Å². The minimum absolute atomic E-state index is 0.673. The third kappa shape index (κ3) is 4.40. The fourth-order valence-electron chi connectivity index (χ4n) is 3.90. The molecule has 0 aromatic heterocycles. The van der Waals surface area contributed by atoms with E-state index in [0.29, 0.717) is 6.61 Å². The number of unbranched alkanes of at least 4 members (excludes halogenated alkanes) is 3. The third-order valence-electron chi connectivity index (χ3n) is 5.32. The summed E-state index contributed by atoms with van der Waals surface area (Å²) in [6, 6.07) is 19.6. The zero-order valence-electron chi connectivity index (χ0n) is 17.0. The Hall–Kier alpha value is -2.94. The number of benzene rings is 4. The molecule has 29 heavy (non-hydrogen) atoms. The van der Waals surface area contributed by atoms with Crippen LogP contribution in [0, 0.1) is 0 Å². The molecule has 4 aromatic carbocycles. The summed E-state index contributed by atoms with van der Waals surface area (Å²) in [6.07, 6.45) is 7.62. The molecule has 0 atom stereocenters. The summed E-state index contributed by atoms with van der Waals surface area (Å²) >= 11 is 0. The van der Waals surface area contributed by atoms with Crippen LogP contribution < -0.4 is 4.74 Å². The van der Waals surface area contributed by atoms with Gasteiger partial charge in [-0.25, -0.2) is 0 Å². The fourth-order valence-corrected chi connectivity index (χ4v) is 3.90. The second-order valence-electron chi connectivity index (χ2n) is 7.28. The van der Waals surface area contributed by atoms with Crippen molar-refractivity contribution in [1.29, 1.82) is 0 Å². The fraction of sp³-hybridized carbons (Fsp3) is 0.308. The van der Waals surface area contributed by atoms with Gasteiger partial charge in [0.25, 0.3) is 0 Å². The lowest BCUT2D eigenvalue weighted by Crippen LogP contribution is -1.99. The van der Waals surface area contributed by atoms with Crippen molar-refractivity contribution in [3.8, 4) is 5.75 Å². The molecule has 0 saturated carbocycles. The second kappa shape index (κ2) is 9.51. The van der Waals surface area contributed by atoms with Crippen LogP contribution in [0.2, 0.25) is 0 Å². The summed E-state index contributed by atoms with van der Waals surface area (Å²) in [7, 11) is 0. The molecule has 0 heterocycles. The Kier molecular flexibility index (Phi) is 6.35. The first kappa shape index (κ1) is 19.4. The summed E-state index contributed by atoms with van der Waals surface area (Å²) in [5.74, 6) is 0.986. The molecular formula is C26H28O3. The van der Waals surface area contributed by atoms with Gasteiger partial charge in [-0.15, -0.1) is 0 Å². The zero-order valence-corrected chi connectivity index (χ0v) is 17.0. The lowest BCUT2D eigenvalue weighted by Gasteiger charge is -2.14. The third-order valence-corrected chi connectivity index (χ3v) is 5.32. The Bertz CT molecular complexity index is 1070. The highest BCUT2D eigenvalue weighted by molar-refractivity contribution is 6.24. The maximum atomic E-state index is 6.18. The first-order chi connectivity index (χ1) is 14.4. The first-order valence-electron chi connectivity index (χ1n) is 10.6. The summed E-state index contributed by atoms with van der Waals surface area (Å²) in [5, 5.41) is 7.71. The van der Waals surface area contributed by atoms with Gasteiger partial charge in [0.15, 0.2) is 0 Å². The Labute approximate surface area is 172 Å². The molecule has 4 aromatic rings. The standard InChI is InChI=1S/C26H28O3/c1-2-27-18-19-28-16-5-3-4-6-17-29-24-15-13-22-11-10-20-8-7-9-21-12-14-23(24)26(22)25(20)21/h7-15,18-19H,2-6,16-17H2,1H3/b19-18+. The molecule has 3 nitrogen and oxygen atoms in total. The van der Waals surface area contributed by atoms with E-state index in [9.17, 15) is 0 Å². The molecule has 0 saturated heterocycles. The molecule has 0 spiro atoms. The molecule has 0 amide bonds. The SMILES string of the molecule is CCO/C=C/OCCCCCCOc1ccc2ccc3cccc4ccc1c2c34. The van der Waals surface area contributed by atoms with Gasteiger partial charge in [-0.1, -0.05) is 42.5 Å². The summed E-state index contributed by atoms with van der Waals surface area (Å²) < 4.78 is 16.6. The molecule has 3 heteroatoms. The number of ether oxygens (including phenoxy) is 3. The van der Waals surface area contributed by atoms with Gasteiger partial charge in [-0.2, -0.15) is 0 Å². The van der Waals surface area contributed by atoms with E-state index in [-0.39, 0.29) is 0 Å². The van der Waals surface area contributed by atoms with E-state index in [2.05, 4.69) is 54.6 Å². The average molecular weight is 389 g/mol. The van der Waals surface area contributed by atoms with E-state index in [1.54, 1.807) is 12.5 Å². The van der Waals surface area contributed by atoms with Crippen molar-refractivity contribution in [2.45, 2.75) is 32.6 Å². The molecule has 150 valence electrons. The highest BCUT2D eigenvalue weighted by Crippen LogP contribution is 2.38. The predicted molar refractivity (Wildman–Crippen MR) is 121 cm³/mol. The van der Waals surface area contributed by atoms with E-state index in [1.807, 2.05) is 6.92 Å². The van der Waals surface area contributed by atoms with Crippen LogP contribution >= 0.6 is 0 Å². The monoisotopic (exact) mass is 388 g/mol. The van der Waals surface area contributed by atoms with Crippen LogP contribution in [0.5, 0.6) is 5.75 Å². The van der Waals surface area contributed by atoms with Gasteiger partial charge < -0.3 is 14.2 Å². The van der Waals surface area contributed by atoms with Crippen molar-refractivity contribution >= 4 is 32.3 Å². The maximum Gasteiger partial charge on any atom is 0.127 e. The molecule has 0 fully saturated rings. The molecular weight excluding hydrogens is 360 g/mol. The molecule has 0 aliphatic carbocycles. The highest BCUT2D eigenvalue weighted by Gasteiger charge is 2.11. The Morgan fingerprint density at radius 1 is 0.655 bits per heavy atom. The van der Waals surface area contributed by atoms with E-state index in [0.717, 1.165) is 44.6 Å². The molecule has 0 aliphatic heterocycles. The Morgan fingerprint density at radius 3 is 2.10 bits per heavy atom. The van der Waals surface area contributed by atoms with Gasteiger partial charge >= 0.3 is 0 Å². The topological polar surface area (TPSA) is 27.7 Å². The van der Waals surface area contributed by atoms with E-state index >= 15 is 0 Å². The Morgan fingerprint density at radius 2 is 1.31 bits per heavy atom. The molecule has 4 rings (SSSR count). The van der Waals surface area contributed by atoms with Gasteiger partial charge in [0.2, 0.25) is 0 Å². The van der Waals surface area contributed by atoms with Crippen LogP contribution in [0.1, 0.15) is 32.6 Å². The molecule has 0 bridgehead atoms. The molecule has 0 radical (unpaired) electrons. The van der Waals surface area contributed by atoms with Crippen LogP contribution in [0.15, 0.2) is 67.1 Å². The molecule has 0 unspecified atom stereocenters. The van der Waals surface area contributed by atoms with Crippen molar-refractivity contribution < 1.29 is 14.2 Å². The lowest BCUT2D eigenvalue weighted by atomic mass is 9.94. The minimum atomic E-state index is 0.673. The minimum Gasteiger partial charge on any atom is -0.498 e. The van der Waals surface area contributed by atoms with Crippen LogP contribution in [0.25, 0.3) is 32.3 Å². The normalized spacial score (nSPS) is 11.8. The largest absolute Gasteiger partial charge is 0.498 e. The van der Waals surface area contributed by atoms with Crippen LogP contribution in [0.3, 0.4) is 0 Å². The van der Waals surface area contributed by atoms with Crippen LogP contribution in [-0.4, -0.2) is 19.8 Å². The highest BCUT2D eigenvalue weighted by atomic mass is 16.5. The van der Waals surface area contributed by atoms with Crippen molar-refractivity contribution in [1.82, 2.24) is 0 Å². The number of rotatable bonds is 11. The van der Waals surface area contributed by atoms with Crippen LogP contribution in [0.4, 0.5) is 0 Å². The van der Waals surface area contributed by atoms with Crippen molar-refractivity contribution in [3.05, 3.63) is 67.1 Å². The average Bonchev–Trinajstić information content (AvgIpc) is 2.76. The second-order valence-corrected chi connectivity index (χ2v) is 7.28. The molecule has 0 N–H and O–H groups in total. The van der Waals surface area contributed by atoms with Gasteiger partial charge in [0.05, 0.1) is 19.8 Å². The number of hydrogen-bond donors (Lipinski definition) is 0. The van der Waals surface area contributed by atoms with Crippen LogP contribution in [-0.2, 0) is 9.47 Å². The van der Waals surface area contributed by atoms with Crippen molar-refractivity contribution in [2.24, 2.45) is 0 Å². The number of hydrogen-bond acceptors (Lipinski definition) is 3. The van der Waals surface area contributed by atoms with Gasteiger partial charge in [-0.05, 0) is 66.3 Å². The van der Waals surface area contributed by atoms with Gasteiger partial charge in [0.1, 0.15) is 18.3 Å². The lowest BCUT2D eigenvalue weighted by molar-refractivity contribution is 0.206. The summed E-state index contributed by atoms with van der Waals surface area (Å²) in [5.41, 5.74) is 0. The smallest absolute Gasteiger partial charge is 0.127 e. The Balaban J connectivity index is 1.32. The first-order valence-corrected chi connectivity index (χ1v) is 10.6.